The largest absolute Gasteiger partial charge is 0.317 e. The Morgan fingerprint density at radius 3 is 2.44 bits per heavy atom. The second kappa shape index (κ2) is 8.35. The SMILES string of the molecule is CCCCCC(CCc1ccccc1)NC. The van der Waals surface area contributed by atoms with Gasteiger partial charge in [0, 0.05) is 6.04 Å². The van der Waals surface area contributed by atoms with Crippen molar-refractivity contribution in [2.24, 2.45) is 0 Å². The Morgan fingerprint density at radius 1 is 1.06 bits per heavy atom. The normalized spacial score (nSPS) is 12.6. The van der Waals surface area contributed by atoms with Crippen LogP contribution in [0.4, 0.5) is 0 Å². The zero-order valence-electron chi connectivity index (χ0n) is 10.7. The zero-order chi connectivity index (χ0) is 11.6. The van der Waals surface area contributed by atoms with Gasteiger partial charge in [0.25, 0.3) is 0 Å². The van der Waals surface area contributed by atoms with Crippen LogP contribution in [0.5, 0.6) is 0 Å². The van der Waals surface area contributed by atoms with Crippen molar-refractivity contribution in [2.45, 2.75) is 51.5 Å². The fourth-order valence-electron chi connectivity index (χ4n) is 2.06. The van der Waals surface area contributed by atoms with E-state index in [1.807, 2.05) is 0 Å². The molecule has 0 radical (unpaired) electrons. The average molecular weight is 219 g/mol. The Kier molecular flexibility index (Phi) is 6.91. The highest BCUT2D eigenvalue weighted by molar-refractivity contribution is 5.14. The van der Waals surface area contributed by atoms with Crippen LogP contribution in [0, 0.1) is 0 Å². The van der Waals surface area contributed by atoms with Gasteiger partial charge in [-0.3, -0.25) is 0 Å². The molecule has 0 aliphatic rings. The van der Waals surface area contributed by atoms with E-state index in [1.165, 1.54) is 44.1 Å². The lowest BCUT2D eigenvalue weighted by Gasteiger charge is -2.15. The van der Waals surface area contributed by atoms with Crippen LogP contribution < -0.4 is 5.32 Å². The van der Waals surface area contributed by atoms with E-state index in [-0.39, 0.29) is 0 Å². The highest BCUT2D eigenvalue weighted by Gasteiger charge is 2.05. The van der Waals surface area contributed by atoms with Crippen molar-refractivity contribution >= 4 is 0 Å². The van der Waals surface area contributed by atoms with Gasteiger partial charge in [0.05, 0.1) is 0 Å². The van der Waals surface area contributed by atoms with Crippen LogP contribution in [0.3, 0.4) is 0 Å². The summed E-state index contributed by atoms with van der Waals surface area (Å²) in [5.74, 6) is 0. The molecular formula is C15H25N. The van der Waals surface area contributed by atoms with Crippen molar-refractivity contribution in [2.75, 3.05) is 7.05 Å². The van der Waals surface area contributed by atoms with Gasteiger partial charge >= 0.3 is 0 Å². The van der Waals surface area contributed by atoms with Gasteiger partial charge in [-0.2, -0.15) is 0 Å². The molecule has 1 atom stereocenters. The molecule has 1 N–H and O–H groups in total. The molecule has 1 heteroatoms. The van der Waals surface area contributed by atoms with Gasteiger partial charge in [0.2, 0.25) is 0 Å². The standard InChI is InChI=1S/C15H25N/c1-3-4-6-11-15(16-2)13-12-14-9-7-5-8-10-14/h5,7-10,15-16H,3-4,6,11-13H2,1-2H3. The van der Waals surface area contributed by atoms with Gasteiger partial charge in [0.1, 0.15) is 0 Å². The summed E-state index contributed by atoms with van der Waals surface area (Å²) in [4.78, 5) is 0. The van der Waals surface area contributed by atoms with E-state index in [2.05, 4.69) is 49.6 Å². The summed E-state index contributed by atoms with van der Waals surface area (Å²) < 4.78 is 0. The minimum Gasteiger partial charge on any atom is -0.317 e. The van der Waals surface area contributed by atoms with E-state index in [9.17, 15) is 0 Å². The van der Waals surface area contributed by atoms with Crippen LogP contribution in [-0.4, -0.2) is 13.1 Å². The second-order valence-electron chi connectivity index (χ2n) is 4.51. The molecule has 1 aromatic rings. The molecule has 1 unspecified atom stereocenters. The van der Waals surface area contributed by atoms with E-state index in [0.29, 0.717) is 6.04 Å². The van der Waals surface area contributed by atoms with Crippen LogP contribution in [0.25, 0.3) is 0 Å². The molecule has 90 valence electrons. The molecule has 0 saturated heterocycles. The summed E-state index contributed by atoms with van der Waals surface area (Å²) >= 11 is 0. The fraction of sp³-hybridized carbons (Fsp3) is 0.600. The molecule has 0 fully saturated rings. The first-order chi connectivity index (χ1) is 7.86. The molecule has 0 spiro atoms. The van der Waals surface area contributed by atoms with E-state index in [0.717, 1.165) is 0 Å². The average Bonchev–Trinajstić information content (AvgIpc) is 2.35. The monoisotopic (exact) mass is 219 g/mol. The lowest BCUT2D eigenvalue weighted by molar-refractivity contribution is 0.465. The van der Waals surface area contributed by atoms with Crippen molar-refractivity contribution in [1.82, 2.24) is 5.32 Å². The predicted molar refractivity (Wildman–Crippen MR) is 71.8 cm³/mol. The second-order valence-corrected chi connectivity index (χ2v) is 4.51. The number of unbranched alkanes of at least 4 members (excludes halogenated alkanes) is 2. The van der Waals surface area contributed by atoms with Crippen LogP contribution >= 0.6 is 0 Å². The first kappa shape index (κ1) is 13.2. The first-order valence-electron chi connectivity index (χ1n) is 6.58. The quantitative estimate of drug-likeness (QED) is 0.656. The van der Waals surface area contributed by atoms with Crippen LogP contribution in [0.15, 0.2) is 30.3 Å². The summed E-state index contributed by atoms with van der Waals surface area (Å²) in [5, 5.41) is 3.43. The maximum absolute atomic E-state index is 3.43. The Hall–Kier alpha value is -0.820. The van der Waals surface area contributed by atoms with Gasteiger partial charge in [-0.05, 0) is 31.9 Å². The molecule has 1 aromatic carbocycles. The Morgan fingerprint density at radius 2 is 1.81 bits per heavy atom. The molecule has 0 heterocycles. The summed E-state index contributed by atoms with van der Waals surface area (Å²) in [6.45, 7) is 2.26. The third-order valence-electron chi connectivity index (χ3n) is 3.19. The Labute approximate surface area is 100 Å². The highest BCUT2D eigenvalue weighted by Crippen LogP contribution is 2.10. The fourth-order valence-corrected chi connectivity index (χ4v) is 2.06. The predicted octanol–water partition coefficient (Wildman–Crippen LogP) is 3.79. The molecule has 0 aliphatic carbocycles. The van der Waals surface area contributed by atoms with Crippen LogP contribution in [0.1, 0.15) is 44.6 Å². The maximum Gasteiger partial charge on any atom is 0.00672 e. The van der Waals surface area contributed by atoms with Crippen molar-refractivity contribution in [3.05, 3.63) is 35.9 Å². The van der Waals surface area contributed by atoms with Crippen LogP contribution in [0.2, 0.25) is 0 Å². The van der Waals surface area contributed by atoms with Gasteiger partial charge in [-0.1, -0.05) is 56.5 Å². The molecule has 1 rings (SSSR count). The lowest BCUT2D eigenvalue weighted by atomic mass is 10.0. The number of nitrogens with one attached hydrogen (secondary N) is 1. The summed E-state index contributed by atoms with van der Waals surface area (Å²) in [7, 11) is 2.08. The topological polar surface area (TPSA) is 12.0 Å². The number of rotatable bonds is 8. The summed E-state index contributed by atoms with van der Waals surface area (Å²) in [5.41, 5.74) is 1.46. The molecule has 0 aromatic heterocycles. The Balaban J connectivity index is 2.23. The summed E-state index contributed by atoms with van der Waals surface area (Å²) in [6.07, 6.45) is 7.80. The third kappa shape index (κ3) is 5.32. The van der Waals surface area contributed by atoms with Gasteiger partial charge in [0.15, 0.2) is 0 Å². The van der Waals surface area contributed by atoms with Gasteiger partial charge in [-0.25, -0.2) is 0 Å². The summed E-state index contributed by atoms with van der Waals surface area (Å²) in [6, 6.07) is 11.5. The van der Waals surface area contributed by atoms with E-state index in [1.54, 1.807) is 0 Å². The third-order valence-corrected chi connectivity index (χ3v) is 3.19. The molecule has 1 nitrogen and oxygen atoms in total. The van der Waals surface area contributed by atoms with Gasteiger partial charge in [-0.15, -0.1) is 0 Å². The first-order valence-corrected chi connectivity index (χ1v) is 6.58. The zero-order valence-corrected chi connectivity index (χ0v) is 10.7. The minimum atomic E-state index is 0.687. The van der Waals surface area contributed by atoms with E-state index < -0.39 is 0 Å². The number of hydrogen-bond donors (Lipinski definition) is 1. The molecule has 0 aliphatic heterocycles. The van der Waals surface area contributed by atoms with Crippen LogP contribution in [-0.2, 0) is 6.42 Å². The van der Waals surface area contributed by atoms with E-state index in [4.69, 9.17) is 0 Å². The molecule has 0 bridgehead atoms. The molecule has 0 amide bonds. The van der Waals surface area contributed by atoms with Crippen molar-refractivity contribution in [3.8, 4) is 0 Å². The number of hydrogen-bond acceptors (Lipinski definition) is 1. The molecular weight excluding hydrogens is 194 g/mol. The Bertz CT molecular complexity index is 255. The minimum absolute atomic E-state index is 0.687. The number of aryl methyl sites for hydroxylation is 1. The highest BCUT2D eigenvalue weighted by atomic mass is 14.9. The molecule has 0 saturated carbocycles. The maximum atomic E-state index is 3.43. The van der Waals surface area contributed by atoms with Crippen molar-refractivity contribution in [1.29, 1.82) is 0 Å². The van der Waals surface area contributed by atoms with Crippen molar-refractivity contribution < 1.29 is 0 Å². The lowest BCUT2D eigenvalue weighted by Crippen LogP contribution is -2.25. The number of benzene rings is 1. The van der Waals surface area contributed by atoms with Crippen molar-refractivity contribution in [3.63, 3.8) is 0 Å². The van der Waals surface area contributed by atoms with Gasteiger partial charge < -0.3 is 5.32 Å². The van der Waals surface area contributed by atoms with E-state index >= 15 is 0 Å². The smallest absolute Gasteiger partial charge is 0.00672 e. The molecule has 16 heavy (non-hydrogen) atoms.